The molecule has 0 bridgehead atoms. The average molecular weight is 410 g/mol. The molecule has 1 amide bonds. The summed E-state index contributed by atoms with van der Waals surface area (Å²) >= 11 is 18.4. The van der Waals surface area contributed by atoms with Gasteiger partial charge in [0.1, 0.15) is 0 Å². The highest BCUT2D eigenvalue weighted by Gasteiger charge is 2.14. The van der Waals surface area contributed by atoms with E-state index in [9.17, 15) is 4.79 Å². The molecule has 26 heavy (non-hydrogen) atoms. The molecular formula is C20H19Cl3N2O. The molecule has 136 valence electrons. The lowest BCUT2D eigenvalue weighted by Crippen LogP contribution is -2.29. The van der Waals surface area contributed by atoms with Crippen LogP contribution < -0.4 is 10.2 Å². The molecule has 1 aliphatic rings. The second-order valence-corrected chi connectivity index (χ2v) is 7.45. The zero-order chi connectivity index (χ0) is 18.5. The van der Waals surface area contributed by atoms with Crippen molar-refractivity contribution in [2.75, 3.05) is 23.3 Å². The highest BCUT2D eigenvalue weighted by molar-refractivity contribution is 6.35. The summed E-state index contributed by atoms with van der Waals surface area (Å²) in [4.78, 5) is 14.4. The van der Waals surface area contributed by atoms with Crippen molar-refractivity contribution >= 4 is 58.2 Å². The Morgan fingerprint density at radius 1 is 0.962 bits per heavy atom. The molecule has 2 aromatic rings. The first-order valence-corrected chi connectivity index (χ1v) is 9.65. The van der Waals surface area contributed by atoms with Gasteiger partial charge < -0.3 is 10.2 Å². The summed E-state index contributed by atoms with van der Waals surface area (Å²) in [5, 5.41) is 4.52. The average Bonchev–Trinajstić information content (AvgIpc) is 2.62. The zero-order valence-corrected chi connectivity index (χ0v) is 16.4. The Kier molecular flexibility index (Phi) is 6.47. The summed E-state index contributed by atoms with van der Waals surface area (Å²) in [5.41, 5.74) is 2.41. The van der Waals surface area contributed by atoms with E-state index in [0.29, 0.717) is 20.8 Å². The number of halogens is 3. The lowest BCUT2D eigenvalue weighted by atomic mass is 10.1. The van der Waals surface area contributed by atoms with Crippen LogP contribution in [0.4, 0.5) is 11.4 Å². The molecule has 1 saturated heterocycles. The van der Waals surface area contributed by atoms with E-state index < -0.39 is 0 Å². The minimum absolute atomic E-state index is 0.252. The largest absolute Gasteiger partial charge is 0.370 e. The van der Waals surface area contributed by atoms with Crippen molar-refractivity contribution in [2.24, 2.45) is 0 Å². The van der Waals surface area contributed by atoms with Crippen LogP contribution in [0.2, 0.25) is 15.1 Å². The summed E-state index contributed by atoms with van der Waals surface area (Å²) in [5.74, 6) is -0.252. The third-order valence-corrected chi connectivity index (χ3v) is 5.15. The topological polar surface area (TPSA) is 32.3 Å². The molecule has 1 N–H and O–H groups in total. The molecule has 0 saturated carbocycles. The molecule has 3 nitrogen and oxygen atoms in total. The van der Waals surface area contributed by atoms with Gasteiger partial charge in [-0.3, -0.25) is 4.79 Å². The molecule has 0 aromatic heterocycles. The van der Waals surface area contributed by atoms with Crippen molar-refractivity contribution in [2.45, 2.75) is 19.3 Å². The summed E-state index contributed by atoms with van der Waals surface area (Å²) in [7, 11) is 0. The minimum atomic E-state index is -0.252. The first-order valence-electron chi connectivity index (χ1n) is 8.51. The van der Waals surface area contributed by atoms with Crippen molar-refractivity contribution in [3.63, 3.8) is 0 Å². The van der Waals surface area contributed by atoms with Crippen LogP contribution in [0.25, 0.3) is 6.08 Å². The van der Waals surface area contributed by atoms with Crippen LogP contribution >= 0.6 is 34.8 Å². The lowest BCUT2D eigenvalue weighted by molar-refractivity contribution is -0.111. The standard InChI is InChI=1S/C20H19Cl3N2O/c21-15-6-4-14(17(22)12-15)5-9-20(26)24-16-7-8-19(18(23)13-16)25-10-2-1-3-11-25/h4-9,12-13H,1-3,10-11H2,(H,24,26)/b9-5-. The Morgan fingerprint density at radius 3 is 2.42 bits per heavy atom. The molecule has 3 rings (SSSR count). The first kappa shape index (κ1) is 19.1. The Morgan fingerprint density at radius 2 is 1.73 bits per heavy atom. The number of amides is 1. The molecule has 0 spiro atoms. The van der Waals surface area contributed by atoms with Gasteiger partial charge in [0.25, 0.3) is 0 Å². The van der Waals surface area contributed by atoms with Gasteiger partial charge in [-0.1, -0.05) is 40.9 Å². The van der Waals surface area contributed by atoms with E-state index in [0.717, 1.165) is 24.3 Å². The highest BCUT2D eigenvalue weighted by atomic mass is 35.5. The number of carbonyl (C=O) groups is 1. The van der Waals surface area contributed by atoms with E-state index in [1.165, 1.54) is 25.3 Å². The van der Waals surface area contributed by atoms with Crippen LogP contribution in [0.1, 0.15) is 24.8 Å². The Labute approximate surface area is 168 Å². The molecule has 0 aliphatic carbocycles. The number of piperidine rings is 1. The normalized spacial score (nSPS) is 14.7. The van der Waals surface area contributed by atoms with E-state index in [-0.39, 0.29) is 5.91 Å². The van der Waals surface area contributed by atoms with Gasteiger partial charge in [-0.25, -0.2) is 0 Å². The van der Waals surface area contributed by atoms with Crippen LogP contribution in [-0.4, -0.2) is 19.0 Å². The number of anilines is 2. The van der Waals surface area contributed by atoms with Crippen molar-refractivity contribution in [1.82, 2.24) is 0 Å². The van der Waals surface area contributed by atoms with Gasteiger partial charge in [0.05, 0.1) is 10.7 Å². The predicted octanol–water partition coefficient (Wildman–Crippen LogP) is 6.29. The summed E-state index contributed by atoms with van der Waals surface area (Å²) in [6, 6.07) is 10.7. The van der Waals surface area contributed by atoms with Crippen molar-refractivity contribution in [1.29, 1.82) is 0 Å². The van der Waals surface area contributed by atoms with Gasteiger partial charge in [-0.15, -0.1) is 0 Å². The predicted molar refractivity (Wildman–Crippen MR) is 112 cm³/mol. The third kappa shape index (κ3) is 4.94. The molecule has 1 aliphatic heterocycles. The van der Waals surface area contributed by atoms with Gasteiger partial charge >= 0.3 is 0 Å². The van der Waals surface area contributed by atoms with Crippen LogP contribution in [0.15, 0.2) is 42.5 Å². The van der Waals surface area contributed by atoms with Crippen molar-refractivity contribution < 1.29 is 4.79 Å². The number of carbonyl (C=O) groups excluding carboxylic acids is 1. The van der Waals surface area contributed by atoms with Gasteiger partial charge in [0, 0.05) is 34.9 Å². The summed E-state index contributed by atoms with van der Waals surface area (Å²) < 4.78 is 0. The number of rotatable bonds is 4. The Bertz CT molecular complexity index is 830. The number of nitrogens with zero attached hydrogens (tertiary/aromatic N) is 1. The van der Waals surface area contributed by atoms with Crippen molar-refractivity contribution in [3.05, 3.63) is 63.1 Å². The summed E-state index contributed by atoms with van der Waals surface area (Å²) in [6.07, 6.45) is 6.73. The molecule has 2 aromatic carbocycles. The molecule has 0 radical (unpaired) electrons. The van der Waals surface area contributed by atoms with E-state index in [1.54, 1.807) is 30.3 Å². The second-order valence-electron chi connectivity index (χ2n) is 6.20. The minimum Gasteiger partial charge on any atom is -0.370 e. The van der Waals surface area contributed by atoms with E-state index in [2.05, 4.69) is 10.2 Å². The van der Waals surface area contributed by atoms with Crippen LogP contribution in [0.3, 0.4) is 0 Å². The molecule has 1 fully saturated rings. The fourth-order valence-electron chi connectivity index (χ4n) is 2.96. The maximum atomic E-state index is 12.1. The van der Waals surface area contributed by atoms with E-state index >= 15 is 0 Å². The first-order chi connectivity index (χ1) is 12.5. The maximum Gasteiger partial charge on any atom is 0.248 e. The smallest absolute Gasteiger partial charge is 0.248 e. The summed E-state index contributed by atoms with van der Waals surface area (Å²) in [6.45, 7) is 2.05. The molecule has 1 heterocycles. The fourth-order valence-corrected chi connectivity index (χ4v) is 3.73. The second kappa shape index (κ2) is 8.81. The van der Waals surface area contributed by atoms with Gasteiger partial charge in [0.2, 0.25) is 5.91 Å². The molecule has 0 unspecified atom stereocenters. The monoisotopic (exact) mass is 408 g/mol. The molecule has 6 heteroatoms. The fraction of sp³-hybridized carbons (Fsp3) is 0.250. The Hall–Kier alpha value is -1.68. The highest BCUT2D eigenvalue weighted by Crippen LogP contribution is 2.31. The lowest BCUT2D eigenvalue weighted by Gasteiger charge is -2.29. The van der Waals surface area contributed by atoms with Crippen LogP contribution in [0, 0.1) is 0 Å². The van der Waals surface area contributed by atoms with Gasteiger partial charge in [-0.05, 0) is 61.2 Å². The SMILES string of the molecule is O=C(/C=C\c1ccc(Cl)cc1Cl)Nc1ccc(N2CCCCC2)c(Cl)c1. The maximum absolute atomic E-state index is 12.1. The van der Waals surface area contributed by atoms with E-state index in [4.69, 9.17) is 34.8 Å². The van der Waals surface area contributed by atoms with Gasteiger partial charge in [-0.2, -0.15) is 0 Å². The Balaban J connectivity index is 1.65. The molecular weight excluding hydrogens is 391 g/mol. The van der Waals surface area contributed by atoms with Crippen molar-refractivity contribution in [3.8, 4) is 0 Å². The number of benzene rings is 2. The molecule has 0 atom stereocenters. The van der Waals surface area contributed by atoms with Gasteiger partial charge in [0.15, 0.2) is 0 Å². The number of hydrogen-bond donors (Lipinski definition) is 1. The number of nitrogens with one attached hydrogen (secondary N) is 1. The van der Waals surface area contributed by atoms with Crippen LogP contribution in [-0.2, 0) is 4.79 Å². The van der Waals surface area contributed by atoms with E-state index in [1.807, 2.05) is 12.1 Å². The third-order valence-electron chi connectivity index (χ3n) is 4.29. The quantitative estimate of drug-likeness (QED) is 0.602. The number of hydrogen-bond acceptors (Lipinski definition) is 2. The van der Waals surface area contributed by atoms with Crippen LogP contribution in [0.5, 0.6) is 0 Å². The zero-order valence-electron chi connectivity index (χ0n) is 14.1.